The van der Waals surface area contributed by atoms with E-state index in [4.69, 9.17) is 4.74 Å². The van der Waals surface area contributed by atoms with E-state index in [9.17, 15) is 14.6 Å². The lowest BCUT2D eigenvalue weighted by Gasteiger charge is -2.27. The van der Waals surface area contributed by atoms with Crippen molar-refractivity contribution < 1.29 is 19.3 Å². The van der Waals surface area contributed by atoms with Gasteiger partial charge in [0.1, 0.15) is 6.23 Å². The van der Waals surface area contributed by atoms with Gasteiger partial charge in [0.05, 0.1) is 12.9 Å². The summed E-state index contributed by atoms with van der Waals surface area (Å²) in [5.74, 6) is -0.170. The molecular formula is C15H14FN5O3. The van der Waals surface area contributed by atoms with Crippen molar-refractivity contribution >= 4 is 17.0 Å². The summed E-state index contributed by atoms with van der Waals surface area (Å²) in [5, 5.41) is 21.8. The van der Waals surface area contributed by atoms with Gasteiger partial charge in [-0.1, -0.05) is 6.07 Å². The third kappa shape index (κ3) is 2.48. The van der Waals surface area contributed by atoms with Crippen molar-refractivity contribution in [3.8, 4) is 11.5 Å². The van der Waals surface area contributed by atoms with Crippen molar-refractivity contribution in [3.63, 3.8) is 0 Å². The molecule has 1 fully saturated rings. The van der Waals surface area contributed by atoms with E-state index in [1.54, 1.807) is 17.0 Å². The number of halogens is 1. The van der Waals surface area contributed by atoms with Gasteiger partial charge in [0, 0.05) is 13.0 Å². The zero-order valence-electron chi connectivity index (χ0n) is 12.5. The van der Waals surface area contributed by atoms with Crippen LogP contribution < -0.4 is 5.32 Å². The van der Waals surface area contributed by atoms with Crippen molar-refractivity contribution in [1.29, 1.82) is 0 Å². The van der Waals surface area contributed by atoms with Gasteiger partial charge in [-0.2, -0.15) is 14.4 Å². The maximum atomic E-state index is 13.8. The lowest BCUT2D eigenvalue weighted by Crippen LogP contribution is -2.24. The first kappa shape index (κ1) is 14.6. The van der Waals surface area contributed by atoms with Gasteiger partial charge < -0.3 is 20.3 Å². The highest BCUT2D eigenvalue weighted by Crippen LogP contribution is 2.29. The van der Waals surface area contributed by atoms with Crippen LogP contribution in [0, 0.1) is 6.08 Å². The van der Waals surface area contributed by atoms with Gasteiger partial charge in [0.2, 0.25) is 0 Å². The maximum absolute atomic E-state index is 13.8. The first-order valence-corrected chi connectivity index (χ1v) is 7.38. The summed E-state index contributed by atoms with van der Waals surface area (Å²) in [6.45, 7) is 0.930. The number of hydrogen-bond acceptors (Lipinski definition) is 7. The Bertz CT molecular complexity index is 910. The monoisotopic (exact) mass is 331 g/mol. The Morgan fingerprint density at radius 2 is 2.12 bits per heavy atom. The van der Waals surface area contributed by atoms with Crippen LogP contribution in [0.5, 0.6) is 11.5 Å². The average Bonchev–Trinajstić information content (AvgIpc) is 2.90. The Morgan fingerprint density at radius 3 is 2.83 bits per heavy atom. The van der Waals surface area contributed by atoms with Gasteiger partial charge in [0.15, 0.2) is 28.5 Å². The van der Waals surface area contributed by atoms with E-state index in [0.29, 0.717) is 23.3 Å². The summed E-state index contributed by atoms with van der Waals surface area (Å²) >= 11 is 0. The van der Waals surface area contributed by atoms with Crippen molar-refractivity contribution in [2.24, 2.45) is 0 Å². The molecule has 24 heavy (non-hydrogen) atoms. The molecule has 0 amide bonds. The Balaban J connectivity index is 1.63. The van der Waals surface area contributed by atoms with E-state index in [1.807, 2.05) is 0 Å². The number of aromatic nitrogens is 4. The summed E-state index contributed by atoms with van der Waals surface area (Å²) in [6, 6.07) is 4.43. The summed E-state index contributed by atoms with van der Waals surface area (Å²) in [6.07, 6.45) is 1.35. The number of phenolic OH excluding ortho intramolecular Hbond substituents is 2. The van der Waals surface area contributed by atoms with Crippen molar-refractivity contribution in [1.82, 2.24) is 19.5 Å². The molecule has 0 saturated carbocycles. The quantitative estimate of drug-likeness (QED) is 0.495. The Hall–Kier alpha value is -2.94. The molecule has 0 radical (unpaired) electrons. The van der Waals surface area contributed by atoms with Crippen LogP contribution in [0.4, 0.5) is 10.2 Å². The highest BCUT2D eigenvalue weighted by atomic mass is 19.1. The zero-order chi connectivity index (χ0) is 16.7. The Morgan fingerprint density at radius 1 is 1.29 bits per heavy atom. The minimum atomic E-state index is -0.861. The van der Waals surface area contributed by atoms with E-state index in [1.165, 1.54) is 12.1 Å². The summed E-state index contributed by atoms with van der Waals surface area (Å²) in [5.41, 5.74) is 1.50. The van der Waals surface area contributed by atoms with Gasteiger partial charge in [-0.15, -0.1) is 0 Å². The summed E-state index contributed by atoms with van der Waals surface area (Å²) < 4.78 is 20.8. The van der Waals surface area contributed by atoms with E-state index in [2.05, 4.69) is 20.3 Å². The number of ether oxygens (including phenoxy) is 1. The molecule has 1 unspecified atom stereocenters. The van der Waals surface area contributed by atoms with Crippen LogP contribution in [0.1, 0.15) is 18.2 Å². The number of nitrogens with zero attached hydrogens (tertiary/aromatic N) is 4. The molecule has 3 aromatic rings. The number of hydrogen-bond donors (Lipinski definition) is 3. The fraction of sp³-hybridized carbons (Fsp3) is 0.267. The van der Waals surface area contributed by atoms with Crippen LogP contribution in [0.3, 0.4) is 0 Å². The largest absolute Gasteiger partial charge is 0.504 e. The molecule has 3 heterocycles. The van der Waals surface area contributed by atoms with Gasteiger partial charge in [-0.25, -0.2) is 4.98 Å². The third-order valence-corrected chi connectivity index (χ3v) is 3.88. The standard InChI is InChI=1S/C15H14FN5O3/c16-15-19-13(17-6-8-1-2-9(22)10(23)5-8)12-14(20-15)21(7-18-12)11-3-4-24-11/h1-2,5,7,11,22-23H,3-4,6H2,(H,17,19,20). The number of anilines is 1. The molecular weight excluding hydrogens is 317 g/mol. The minimum absolute atomic E-state index is 0.175. The lowest BCUT2D eigenvalue weighted by atomic mass is 10.2. The molecule has 0 spiro atoms. The van der Waals surface area contributed by atoms with Gasteiger partial charge in [-0.3, -0.25) is 4.57 Å². The summed E-state index contributed by atoms with van der Waals surface area (Å²) in [7, 11) is 0. The first-order valence-electron chi connectivity index (χ1n) is 7.38. The smallest absolute Gasteiger partial charge is 0.312 e. The Kier molecular flexibility index (Phi) is 3.42. The summed E-state index contributed by atoms with van der Waals surface area (Å²) in [4.78, 5) is 11.8. The second kappa shape index (κ2) is 5.60. The molecule has 9 heteroatoms. The predicted molar refractivity (Wildman–Crippen MR) is 82.0 cm³/mol. The second-order valence-corrected chi connectivity index (χ2v) is 5.46. The number of aromatic hydroxyl groups is 2. The predicted octanol–water partition coefficient (Wildman–Crippen LogP) is 1.91. The molecule has 8 nitrogen and oxygen atoms in total. The SMILES string of the molecule is Oc1ccc(CNc2nc(F)nc3c2ncn3C2CCO2)cc1O. The normalized spacial score (nSPS) is 17.0. The molecule has 1 aliphatic rings. The van der Waals surface area contributed by atoms with E-state index < -0.39 is 6.08 Å². The number of rotatable bonds is 4. The van der Waals surface area contributed by atoms with E-state index >= 15 is 0 Å². The van der Waals surface area contributed by atoms with Crippen LogP contribution in [0.2, 0.25) is 0 Å². The van der Waals surface area contributed by atoms with Gasteiger partial charge in [-0.05, 0) is 17.7 Å². The number of nitrogens with one attached hydrogen (secondary N) is 1. The number of fused-ring (bicyclic) bond motifs is 1. The number of imidazole rings is 1. The maximum Gasteiger partial charge on any atom is 0.312 e. The topological polar surface area (TPSA) is 105 Å². The molecule has 3 N–H and O–H groups in total. The Labute approximate surface area is 135 Å². The third-order valence-electron chi connectivity index (χ3n) is 3.88. The lowest BCUT2D eigenvalue weighted by molar-refractivity contribution is -0.0974. The molecule has 1 atom stereocenters. The first-order chi connectivity index (χ1) is 11.6. The van der Waals surface area contributed by atoms with Gasteiger partial charge >= 0.3 is 6.08 Å². The van der Waals surface area contributed by atoms with Crippen molar-refractivity contribution in [2.75, 3.05) is 11.9 Å². The fourth-order valence-corrected chi connectivity index (χ4v) is 2.53. The van der Waals surface area contributed by atoms with Crippen molar-refractivity contribution in [2.45, 2.75) is 19.2 Å². The molecule has 0 aliphatic carbocycles. The molecule has 1 aromatic carbocycles. The van der Waals surface area contributed by atoms with Crippen LogP contribution >= 0.6 is 0 Å². The van der Waals surface area contributed by atoms with E-state index in [0.717, 1.165) is 6.42 Å². The number of benzene rings is 1. The van der Waals surface area contributed by atoms with Crippen LogP contribution in [0.15, 0.2) is 24.5 Å². The molecule has 124 valence electrons. The highest BCUT2D eigenvalue weighted by molar-refractivity contribution is 5.82. The molecule has 4 rings (SSSR count). The molecule has 2 aromatic heterocycles. The molecule has 1 saturated heterocycles. The van der Waals surface area contributed by atoms with E-state index in [-0.39, 0.29) is 30.1 Å². The number of phenols is 2. The molecule has 1 aliphatic heterocycles. The van der Waals surface area contributed by atoms with Crippen LogP contribution in [-0.4, -0.2) is 36.3 Å². The molecule has 0 bridgehead atoms. The second-order valence-electron chi connectivity index (χ2n) is 5.46. The van der Waals surface area contributed by atoms with Crippen LogP contribution in [0.25, 0.3) is 11.2 Å². The zero-order valence-corrected chi connectivity index (χ0v) is 12.5. The average molecular weight is 331 g/mol. The fourth-order valence-electron chi connectivity index (χ4n) is 2.53. The van der Waals surface area contributed by atoms with Crippen LogP contribution in [-0.2, 0) is 11.3 Å². The minimum Gasteiger partial charge on any atom is -0.504 e. The van der Waals surface area contributed by atoms with Gasteiger partial charge in [0.25, 0.3) is 0 Å². The highest BCUT2D eigenvalue weighted by Gasteiger charge is 2.24. The van der Waals surface area contributed by atoms with Crippen molar-refractivity contribution in [3.05, 3.63) is 36.2 Å².